The zero-order valence-electron chi connectivity index (χ0n) is 11.6. The molecular weight excluding hydrogens is 253 g/mol. The normalized spacial score (nSPS) is 10.9. The van der Waals surface area contributed by atoms with E-state index in [4.69, 9.17) is 4.74 Å². The number of fused-ring (bicyclic) bond motifs is 1. The fourth-order valence-electron chi connectivity index (χ4n) is 2.38. The molecule has 3 aromatic rings. The van der Waals surface area contributed by atoms with E-state index in [2.05, 4.69) is 0 Å². The summed E-state index contributed by atoms with van der Waals surface area (Å²) in [6.45, 7) is 2.45. The van der Waals surface area contributed by atoms with E-state index >= 15 is 0 Å². The number of benzene rings is 2. The van der Waals surface area contributed by atoms with E-state index in [9.17, 15) is 4.39 Å². The first-order chi connectivity index (χ1) is 9.65. The molecule has 0 amide bonds. The Kier molecular flexibility index (Phi) is 3.18. The molecule has 0 N–H and O–H groups in total. The highest BCUT2D eigenvalue weighted by Crippen LogP contribution is 2.23. The maximum Gasteiger partial charge on any atom is 0.132 e. The van der Waals surface area contributed by atoms with Gasteiger partial charge in [0.1, 0.15) is 18.2 Å². The largest absolute Gasteiger partial charge is 0.487 e. The van der Waals surface area contributed by atoms with E-state index in [1.54, 1.807) is 6.07 Å². The zero-order valence-corrected chi connectivity index (χ0v) is 11.6. The van der Waals surface area contributed by atoms with Gasteiger partial charge in [-0.15, -0.1) is 0 Å². The van der Waals surface area contributed by atoms with Gasteiger partial charge in [-0.2, -0.15) is 0 Å². The molecule has 1 heterocycles. The van der Waals surface area contributed by atoms with Crippen LogP contribution < -0.4 is 4.74 Å². The molecule has 0 unspecified atom stereocenters. The molecule has 0 aliphatic carbocycles. The Morgan fingerprint density at radius 3 is 2.65 bits per heavy atom. The first-order valence-electron chi connectivity index (χ1n) is 6.57. The van der Waals surface area contributed by atoms with Gasteiger partial charge in [0, 0.05) is 12.4 Å². The van der Waals surface area contributed by atoms with Crippen molar-refractivity contribution in [2.45, 2.75) is 13.5 Å². The molecule has 0 aliphatic heterocycles. The molecule has 2 nitrogen and oxygen atoms in total. The Morgan fingerprint density at radius 2 is 1.90 bits per heavy atom. The lowest BCUT2D eigenvalue weighted by molar-refractivity contribution is 0.297. The van der Waals surface area contributed by atoms with Gasteiger partial charge in [-0.3, -0.25) is 0 Å². The first-order valence-corrected chi connectivity index (χ1v) is 6.57. The molecule has 0 saturated carbocycles. The van der Waals surface area contributed by atoms with Crippen LogP contribution in [0, 0.1) is 12.7 Å². The van der Waals surface area contributed by atoms with Gasteiger partial charge in [-0.1, -0.05) is 18.2 Å². The first kappa shape index (κ1) is 12.7. The van der Waals surface area contributed by atoms with E-state index in [0.29, 0.717) is 12.0 Å². The standard InChI is InChI=1S/C17H16FNO/c1-12-5-3-6-14(9-12)20-11-13-10-15-16(18)7-4-8-17(15)19(13)2/h3-10H,11H2,1-2H3. The van der Waals surface area contributed by atoms with Crippen molar-refractivity contribution in [1.29, 1.82) is 0 Å². The number of aryl methyl sites for hydroxylation is 2. The van der Waals surface area contributed by atoms with Crippen LogP contribution in [0.5, 0.6) is 5.75 Å². The highest BCUT2D eigenvalue weighted by molar-refractivity contribution is 5.81. The van der Waals surface area contributed by atoms with Crippen molar-refractivity contribution in [3.8, 4) is 5.75 Å². The predicted molar refractivity (Wildman–Crippen MR) is 78.4 cm³/mol. The van der Waals surface area contributed by atoms with Crippen LogP contribution >= 0.6 is 0 Å². The third-order valence-corrected chi connectivity index (χ3v) is 3.51. The summed E-state index contributed by atoms with van der Waals surface area (Å²) >= 11 is 0. The average molecular weight is 269 g/mol. The Bertz CT molecular complexity index is 761. The SMILES string of the molecule is Cc1cccc(OCc2cc3c(F)cccc3n2C)c1. The molecule has 102 valence electrons. The summed E-state index contributed by atoms with van der Waals surface area (Å²) in [5.74, 6) is 0.635. The Hall–Kier alpha value is -2.29. The van der Waals surface area contributed by atoms with Crippen LogP contribution in [0.3, 0.4) is 0 Å². The quantitative estimate of drug-likeness (QED) is 0.695. The molecule has 0 bridgehead atoms. The molecule has 0 radical (unpaired) electrons. The van der Waals surface area contributed by atoms with E-state index in [0.717, 1.165) is 22.5 Å². The summed E-state index contributed by atoms with van der Waals surface area (Å²) in [4.78, 5) is 0. The van der Waals surface area contributed by atoms with Gasteiger partial charge in [0.2, 0.25) is 0 Å². The second-order valence-electron chi connectivity index (χ2n) is 4.97. The zero-order chi connectivity index (χ0) is 14.1. The van der Waals surface area contributed by atoms with Gasteiger partial charge in [0.05, 0.1) is 11.2 Å². The van der Waals surface area contributed by atoms with Gasteiger partial charge < -0.3 is 9.30 Å². The minimum Gasteiger partial charge on any atom is -0.487 e. The summed E-state index contributed by atoms with van der Waals surface area (Å²) in [6, 6.07) is 14.9. The van der Waals surface area contributed by atoms with Crippen molar-refractivity contribution < 1.29 is 9.13 Å². The summed E-state index contributed by atoms with van der Waals surface area (Å²) in [7, 11) is 1.93. The maximum absolute atomic E-state index is 13.7. The van der Waals surface area contributed by atoms with Crippen LogP contribution in [-0.2, 0) is 13.7 Å². The van der Waals surface area contributed by atoms with Crippen molar-refractivity contribution in [3.05, 3.63) is 65.6 Å². The van der Waals surface area contributed by atoms with Gasteiger partial charge in [0.15, 0.2) is 0 Å². The molecule has 1 aromatic heterocycles. The fraction of sp³-hybridized carbons (Fsp3) is 0.176. The van der Waals surface area contributed by atoms with E-state index in [1.807, 2.05) is 54.9 Å². The van der Waals surface area contributed by atoms with E-state index < -0.39 is 0 Å². The van der Waals surface area contributed by atoms with Gasteiger partial charge in [0.25, 0.3) is 0 Å². The number of ether oxygens (including phenoxy) is 1. The van der Waals surface area contributed by atoms with E-state index in [1.165, 1.54) is 6.07 Å². The van der Waals surface area contributed by atoms with Crippen LogP contribution in [0.1, 0.15) is 11.3 Å². The van der Waals surface area contributed by atoms with Crippen LogP contribution in [0.25, 0.3) is 10.9 Å². The van der Waals surface area contributed by atoms with Crippen molar-refractivity contribution in [2.24, 2.45) is 7.05 Å². The number of hydrogen-bond acceptors (Lipinski definition) is 1. The lowest BCUT2D eigenvalue weighted by Gasteiger charge is -2.08. The highest BCUT2D eigenvalue weighted by Gasteiger charge is 2.09. The lowest BCUT2D eigenvalue weighted by Crippen LogP contribution is -2.01. The van der Waals surface area contributed by atoms with Crippen molar-refractivity contribution in [3.63, 3.8) is 0 Å². The lowest BCUT2D eigenvalue weighted by atomic mass is 10.2. The number of aromatic nitrogens is 1. The second kappa shape index (κ2) is 5.00. The number of rotatable bonds is 3. The minimum atomic E-state index is -0.195. The molecule has 0 fully saturated rings. The summed E-state index contributed by atoms with van der Waals surface area (Å²) < 4.78 is 21.5. The second-order valence-corrected chi connectivity index (χ2v) is 4.97. The Labute approximate surface area is 117 Å². The smallest absolute Gasteiger partial charge is 0.132 e. The number of hydrogen-bond donors (Lipinski definition) is 0. The minimum absolute atomic E-state index is 0.195. The number of halogens is 1. The summed E-state index contributed by atoms with van der Waals surface area (Å²) in [6.07, 6.45) is 0. The molecule has 0 atom stereocenters. The van der Waals surface area contributed by atoms with Crippen molar-refractivity contribution in [1.82, 2.24) is 4.57 Å². The fourth-order valence-corrected chi connectivity index (χ4v) is 2.38. The summed E-state index contributed by atoms with van der Waals surface area (Å²) in [5, 5.41) is 0.637. The van der Waals surface area contributed by atoms with E-state index in [-0.39, 0.29) is 5.82 Å². The third kappa shape index (κ3) is 2.27. The van der Waals surface area contributed by atoms with Gasteiger partial charge >= 0.3 is 0 Å². The molecule has 20 heavy (non-hydrogen) atoms. The van der Waals surface area contributed by atoms with Gasteiger partial charge in [-0.25, -0.2) is 4.39 Å². The van der Waals surface area contributed by atoms with Crippen LogP contribution in [0.4, 0.5) is 4.39 Å². The molecule has 0 saturated heterocycles. The molecule has 0 aliphatic rings. The highest BCUT2D eigenvalue weighted by atomic mass is 19.1. The maximum atomic E-state index is 13.7. The topological polar surface area (TPSA) is 14.2 Å². The Morgan fingerprint density at radius 1 is 1.10 bits per heavy atom. The third-order valence-electron chi connectivity index (χ3n) is 3.51. The summed E-state index contributed by atoms with van der Waals surface area (Å²) in [5.41, 5.74) is 2.99. The molecule has 0 spiro atoms. The molecular formula is C17H16FNO. The predicted octanol–water partition coefficient (Wildman–Crippen LogP) is 4.20. The molecule has 2 aromatic carbocycles. The average Bonchev–Trinajstić information content (AvgIpc) is 2.75. The van der Waals surface area contributed by atoms with Crippen LogP contribution in [0.15, 0.2) is 48.5 Å². The van der Waals surface area contributed by atoms with Crippen molar-refractivity contribution >= 4 is 10.9 Å². The molecule has 3 heteroatoms. The van der Waals surface area contributed by atoms with Gasteiger partial charge in [-0.05, 0) is 42.8 Å². The van der Waals surface area contributed by atoms with Crippen LogP contribution in [-0.4, -0.2) is 4.57 Å². The number of nitrogens with zero attached hydrogens (tertiary/aromatic N) is 1. The Balaban J connectivity index is 1.88. The van der Waals surface area contributed by atoms with Crippen LogP contribution in [0.2, 0.25) is 0 Å². The monoisotopic (exact) mass is 269 g/mol. The molecule has 3 rings (SSSR count). The van der Waals surface area contributed by atoms with Crippen molar-refractivity contribution in [2.75, 3.05) is 0 Å².